The van der Waals surface area contributed by atoms with E-state index in [1.165, 1.54) is 5.56 Å². The van der Waals surface area contributed by atoms with E-state index in [4.69, 9.17) is 14.2 Å². The second kappa shape index (κ2) is 8.97. The molecule has 2 rings (SSSR count). The lowest BCUT2D eigenvalue weighted by Crippen LogP contribution is -2.28. The molecule has 134 valence electrons. The van der Waals surface area contributed by atoms with E-state index in [1.807, 2.05) is 18.2 Å². The van der Waals surface area contributed by atoms with Gasteiger partial charge in [0, 0.05) is 11.6 Å². The molecule has 2 aromatic rings. The van der Waals surface area contributed by atoms with Gasteiger partial charge >= 0.3 is 0 Å². The lowest BCUT2D eigenvalue weighted by atomic mass is 10.0. The van der Waals surface area contributed by atoms with Gasteiger partial charge in [0.15, 0.2) is 0 Å². The number of methoxy groups -OCH3 is 2. The number of carbonyl (C=O) groups is 1. The summed E-state index contributed by atoms with van der Waals surface area (Å²) < 4.78 is 16.1. The highest BCUT2D eigenvalue weighted by Gasteiger charge is 2.09. The van der Waals surface area contributed by atoms with Crippen LogP contribution in [0.1, 0.15) is 35.7 Å². The fourth-order valence-electron chi connectivity index (χ4n) is 2.34. The Labute approximate surface area is 148 Å². The van der Waals surface area contributed by atoms with Crippen LogP contribution in [0.4, 0.5) is 0 Å². The molecule has 0 saturated heterocycles. The molecule has 1 N–H and O–H groups in total. The summed E-state index contributed by atoms with van der Waals surface area (Å²) >= 11 is 0. The molecule has 0 fully saturated rings. The van der Waals surface area contributed by atoms with Crippen LogP contribution in [-0.2, 0) is 0 Å². The molecular formula is C20H25NO4. The maximum Gasteiger partial charge on any atom is 0.251 e. The van der Waals surface area contributed by atoms with Crippen LogP contribution < -0.4 is 19.5 Å². The lowest BCUT2D eigenvalue weighted by Gasteiger charge is -2.11. The SMILES string of the molecule is COc1cc(OC)cc(C(=O)NCCOc2cccc(C(C)C)c2)c1. The van der Waals surface area contributed by atoms with E-state index in [9.17, 15) is 4.79 Å². The zero-order chi connectivity index (χ0) is 18.2. The third kappa shape index (κ3) is 5.41. The van der Waals surface area contributed by atoms with Gasteiger partial charge in [0.2, 0.25) is 0 Å². The summed E-state index contributed by atoms with van der Waals surface area (Å²) in [4.78, 5) is 12.3. The van der Waals surface area contributed by atoms with Crippen molar-refractivity contribution in [3.05, 3.63) is 53.6 Å². The third-order valence-corrected chi connectivity index (χ3v) is 3.79. The summed E-state index contributed by atoms with van der Waals surface area (Å²) in [6.07, 6.45) is 0. The van der Waals surface area contributed by atoms with Gasteiger partial charge < -0.3 is 19.5 Å². The number of carbonyl (C=O) groups excluding carboxylic acids is 1. The highest BCUT2D eigenvalue weighted by molar-refractivity contribution is 5.95. The Bertz CT molecular complexity index is 690. The van der Waals surface area contributed by atoms with Crippen molar-refractivity contribution in [2.45, 2.75) is 19.8 Å². The van der Waals surface area contributed by atoms with Gasteiger partial charge in [-0.2, -0.15) is 0 Å². The maximum absolute atomic E-state index is 12.3. The average molecular weight is 343 g/mol. The Morgan fingerprint density at radius 1 is 1.00 bits per heavy atom. The molecular weight excluding hydrogens is 318 g/mol. The first-order valence-corrected chi connectivity index (χ1v) is 8.27. The molecule has 0 bridgehead atoms. The van der Waals surface area contributed by atoms with E-state index in [0.29, 0.717) is 36.1 Å². The summed E-state index contributed by atoms with van der Waals surface area (Å²) in [6.45, 7) is 5.09. The molecule has 0 aliphatic carbocycles. The zero-order valence-electron chi connectivity index (χ0n) is 15.2. The average Bonchev–Trinajstić information content (AvgIpc) is 2.64. The van der Waals surface area contributed by atoms with Crippen molar-refractivity contribution in [1.82, 2.24) is 5.32 Å². The van der Waals surface area contributed by atoms with Crippen LogP contribution in [0.5, 0.6) is 17.2 Å². The second-order valence-electron chi connectivity index (χ2n) is 5.93. The van der Waals surface area contributed by atoms with Gasteiger partial charge in [-0.1, -0.05) is 26.0 Å². The van der Waals surface area contributed by atoms with E-state index in [0.717, 1.165) is 5.75 Å². The number of amides is 1. The van der Waals surface area contributed by atoms with Crippen molar-refractivity contribution in [2.75, 3.05) is 27.4 Å². The summed E-state index contributed by atoms with van der Waals surface area (Å²) in [6, 6.07) is 13.1. The molecule has 0 spiro atoms. The monoisotopic (exact) mass is 343 g/mol. The minimum atomic E-state index is -0.197. The van der Waals surface area contributed by atoms with Crippen LogP contribution in [0.25, 0.3) is 0 Å². The zero-order valence-corrected chi connectivity index (χ0v) is 15.2. The van der Waals surface area contributed by atoms with E-state index in [-0.39, 0.29) is 5.91 Å². The van der Waals surface area contributed by atoms with Gasteiger partial charge in [-0.05, 0) is 35.7 Å². The molecule has 0 heterocycles. The summed E-state index contributed by atoms with van der Waals surface area (Å²) in [5.74, 6) is 2.21. The molecule has 25 heavy (non-hydrogen) atoms. The summed E-state index contributed by atoms with van der Waals surface area (Å²) in [5, 5.41) is 2.83. The van der Waals surface area contributed by atoms with E-state index < -0.39 is 0 Å². The normalized spacial score (nSPS) is 10.4. The molecule has 0 unspecified atom stereocenters. The summed E-state index contributed by atoms with van der Waals surface area (Å²) in [7, 11) is 3.10. The van der Waals surface area contributed by atoms with Gasteiger partial charge in [0.05, 0.1) is 20.8 Å². The number of hydrogen-bond donors (Lipinski definition) is 1. The number of benzene rings is 2. The van der Waals surface area contributed by atoms with E-state index >= 15 is 0 Å². The maximum atomic E-state index is 12.3. The van der Waals surface area contributed by atoms with Gasteiger partial charge in [0.1, 0.15) is 23.9 Å². The molecule has 5 heteroatoms. The van der Waals surface area contributed by atoms with Crippen molar-refractivity contribution in [3.8, 4) is 17.2 Å². The Kier molecular flexibility index (Phi) is 6.69. The highest BCUT2D eigenvalue weighted by atomic mass is 16.5. The Hall–Kier alpha value is -2.69. The minimum Gasteiger partial charge on any atom is -0.497 e. The molecule has 0 aliphatic rings. The van der Waals surface area contributed by atoms with E-state index in [2.05, 4.69) is 25.2 Å². The fourth-order valence-corrected chi connectivity index (χ4v) is 2.34. The van der Waals surface area contributed by atoms with Crippen LogP contribution in [0, 0.1) is 0 Å². The third-order valence-electron chi connectivity index (χ3n) is 3.79. The van der Waals surface area contributed by atoms with Gasteiger partial charge in [-0.15, -0.1) is 0 Å². The lowest BCUT2D eigenvalue weighted by molar-refractivity contribution is 0.0946. The molecule has 0 aliphatic heterocycles. The van der Waals surface area contributed by atoms with Crippen molar-refractivity contribution >= 4 is 5.91 Å². The molecule has 0 atom stereocenters. The van der Waals surface area contributed by atoms with Gasteiger partial charge in [-0.25, -0.2) is 0 Å². The standard InChI is InChI=1S/C20H25NO4/c1-14(2)15-6-5-7-17(10-15)25-9-8-21-20(22)16-11-18(23-3)13-19(12-16)24-4/h5-7,10-14H,8-9H2,1-4H3,(H,21,22). The van der Waals surface area contributed by atoms with Crippen molar-refractivity contribution < 1.29 is 19.0 Å². The number of nitrogens with one attached hydrogen (secondary N) is 1. The first-order valence-electron chi connectivity index (χ1n) is 8.27. The van der Waals surface area contributed by atoms with Crippen molar-refractivity contribution in [2.24, 2.45) is 0 Å². The van der Waals surface area contributed by atoms with Crippen LogP contribution in [-0.4, -0.2) is 33.3 Å². The molecule has 5 nitrogen and oxygen atoms in total. The Morgan fingerprint density at radius 2 is 1.68 bits per heavy atom. The van der Waals surface area contributed by atoms with E-state index in [1.54, 1.807) is 32.4 Å². The summed E-state index contributed by atoms with van der Waals surface area (Å²) in [5.41, 5.74) is 1.71. The first-order chi connectivity index (χ1) is 12.0. The highest BCUT2D eigenvalue weighted by Crippen LogP contribution is 2.22. The molecule has 0 saturated carbocycles. The quantitative estimate of drug-likeness (QED) is 0.744. The number of rotatable bonds is 8. The Morgan fingerprint density at radius 3 is 2.28 bits per heavy atom. The fraction of sp³-hybridized carbons (Fsp3) is 0.350. The predicted octanol–water partition coefficient (Wildman–Crippen LogP) is 3.64. The largest absolute Gasteiger partial charge is 0.497 e. The van der Waals surface area contributed by atoms with Gasteiger partial charge in [-0.3, -0.25) is 4.79 Å². The van der Waals surface area contributed by atoms with Crippen molar-refractivity contribution in [1.29, 1.82) is 0 Å². The smallest absolute Gasteiger partial charge is 0.251 e. The minimum absolute atomic E-state index is 0.197. The molecule has 2 aromatic carbocycles. The number of ether oxygens (including phenoxy) is 3. The molecule has 1 amide bonds. The van der Waals surface area contributed by atoms with Crippen LogP contribution in [0.3, 0.4) is 0 Å². The Balaban J connectivity index is 1.87. The topological polar surface area (TPSA) is 56.8 Å². The van der Waals surface area contributed by atoms with Crippen molar-refractivity contribution in [3.63, 3.8) is 0 Å². The molecule has 0 radical (unpaired) electrons. The number of hydrogen-bond acceptors (Lipinski definition) is 4. The van der Waals surface area contributed by atoms with Crippen LogP contribution in [0.15, 0.2) is 42.5 Å². The van der Waals surface area contributed by atoms with Crippen LogP contribution in [0.2, 0.25) is 0 Å². The van der Waals surface area contributed by atoms with Gasteiger partial charge in [0.25, 0.3) is 5.91 Å². The molecule has 0 aromatic heterocycles. The second-order valence-corrected chi connectivity index (χ2v) is 5.93. The van der Waals surface area contributed by atoms with Crippen LogP contribution >= 0.6 is 0 Å². The predicted molar refractivity (Wildman–Crippen MR) is 97.9 cm³/mol. The first kappa shape index (κ1) is 18.6.